The summed E-state index contributed by atoms with van der Waals surface area (Å²) >= 11 is 0. The normalized spacial score (nSPS) is 16.3. The fourth-order valence-electron chi connectivity index (χ4n) is 4.02. The number of hydrogen-bond donors (Lipinski definition) is 2. The van der Waals surface area contributed by atoms with Gasteiger partial charge in [0.1, 0.15) is 11.9 Å². The quantitative estimate of drug-likeness (QED) is 0.564. The number of nitrogens with two attached hydrogens (primary N) is 1. The number of ether oxygens (including phenoxy) is 1. The van der Waals surface area contributed by atoms with Gasteiger partial charge in [0.2, 0.25) is 11.8 Å². The molecule has 33 heavy (non-hydrogen) atoms. The third-order valence-electron chi connectivity index (χ3n) is 5.82. The van der Waals surface area contributed by atoms with Crippen LogP contribution in [0.25, 0.3) is 0 Å². The van der Waals surface area contributed by atoms with Crippen molar-refractivity contribution in [2.45, 2.75) is 50.7 Å². The molecular weight excluding hydrogens is 425 g/mol. The van der Waals surface area contributed by atoms with Gasteiger partial charge < -0.3 is 20.7 Å². The maximum absolute atomic E-state index is 13.9. The first kappa shape index (κ1) is 24.4. The van der Waals surface area contributed by atoms with E-state index in [0.717, 1.165) is 17.5 Å². The predicted octanol–water partition coefficient (Wildman–Crippen LogP) is 2.11. The summed E-state index contributed by atoms with van der Waals surface area (Å²) in [4.78, 5) is 38.5. The molecule has 3 rings (SSSR count). The lowest BCUT2D eigenvalue weighted by Crippen LogP contribution is -2.47. The first-order valence-electron chi connectivity index (χ1n) is 11.1. The first-order valence-corrected chi connectivity index (χ1v) is 11.1. The number of nitrogens with zero attached hydrogens (tertiary/aromatic N) is 1. The van der Waals surface area contributed by atoms with Crippen molar-refractivity contribution >= 4 is 17.8 Å². The molecule has 0 aromatic heterocycles. The van der Waals surface area contributed by atoms with Crippen LogP contribution in [-0.2, 0) is 38.5 Å². The van der Waals surface area contributed by atoms with E-state index in [0.29, 0.717) is 25.1 Å². The van der Waals surface area contributed by atoms with Gasteiger partial charge in [0.05, 0.1) is 13.5 Å². The Labute approximate surface area is 193 Å². The number of halogens is 1. The van der Waals surface area contributed by atoms with Gasteiger partial charge in [-0.05, 0) is 42.0 Å². The van der Waals surface area contributed by atoms with E-state index in [-0.39, 0.29) is 42.9 Å². The highest BCUT2D eigenvalue weighted by Crippen LogP contribution is 2.20. The first-order chi connectivity index (χ1) is 15.9. The minimum atomic E-state index is -0.531. The standard InChI is InChI=1S/C25H30FN3O4/c1-33-24(31)13-17-8-10-18(11-9-17)16-28-25(32)22-7-4-12-29(22)23(30)15-20(27)14-19-5-2-3-6-21(19)26/h2-3,5-6,8-11,20,22H,4,7,12-16,27H2,1H3,(H,28,32)/t20-,22+/m1/s1. The van der Waals surface area contributed by atoms with E-state index in [1.54, 1.807) is 23.1 Å². The molecule has 0 spiro atoms. The highest BCUT2D eigenvalue weighted by atomic mass is 19.1. The number of methoxy groups -OCH3 is 1. The Morgan fingerprint density at radius 2 is 1.85 bits per heavy atom. The Kier molecular flexibility index (Phi) is 8.54. The van der Waals surface area contributed by atoms with Crippen molar-refractivity contribution < 1.29 is 23.5 Å². The molecule has 0 bridgehead atoms. The van der Waals surface area contributed by atoms with Crippen molar-refractivity contribution in [2.75, 3.05) is 13.7 Å². The summed E-state index contributed by atoms with van der Waals surface area (Å²) in [6, 6.07) is 12.7. The van der Waals surface area contributed by atoms with Gasteiger partial charge in [0, 0.05) is 25.6 Å². The van der Waals surface area contributed by atoms with Crippen molar-refractivity contribution in [3.05, 3.63) is 71.0 Å². The highest BCUT2D eigenvalue weighted by Gasteiger charge is 2.34. The van der Waals surface area contributed by atoms with E-state index in [4.69, 9.17) is 5.73 Å². The smallest absolute Gasteiger partial charge is 0.309 e. The van der Waals surface area contributed by atoms with E-state index in [1.807, 2.05) is 24.3 Å². The van der Waals surface area contributed by atoms with Crippen molar-refractivity contribution in [2.24, 2.45) is 5.73 Å². The lowest BCUT2D eigenvalue weighted by Gasteiger charge is -2.25. The van der Waals surface area contributed by atoms with E-state index in [9.17, 15) is 18.8 Å². The van der Waals surface area contributed by atoms with Crippen LogP contribution in [0, 0.1) is 5.82 Å². The summed E-state index contributed by atoms with van der Waals surface area (Å²) in [5.41, 5.74) is 8.30. The lowest BCUT2D eigenvalue weighted by molar-refractivity contribution is -0.139. The van der Waals surface area contributed by atoms with Crippen LogP contribution in [0.2, 0.25) is 0 Å². The number of hydrogen-bond acceptors (Lipinski definition) is 5. The molecular formula is C25H30FN3O4. The average Bonchev–Trinajstić information content (AvgIpc) is 3.30. The molecule has 1 fully saturated rings. The number of carbonyl (C=O) groups is 3. The van der Waals surface area contributed by atoms with Gasteiger partial charge in [-0.3, -0.25) is 14.4 Å². The molecule has 8 heteroatoms. The fraction of sp³-hybridized carbons (Fsp3) is 0.400. The number of carbonyl (C=O) groups excluding carboxylic acids is 3. The molecule has 0 saturated carbocycles. The van der Waals surface area contributed by atoms with Crippen LogP contribution < -0.4 is 11.1 Å². The summed E-state index contributed by atoms with van der Waals surface area (Å²) in [5.74, 6) is -1.04. The molecule has 1 heterocycles. The number of amides is 2. The monoisotopic (exact) mass is 455 g/mol. The van der Waals surface area contributed by atoms with Crippen LogP contribution in [0.3, 0.4) is 0 Å². The molecule has 3 N–H and O–H groups in total. The summed E-state index contributed by atoms with van der Waals surface area (Å²) in [5, 5.41) is 2.89. The lowest BCUT2D eigenvalue weighted by atomic mass is 10.0. The minimum absolute atomic E-state index is 0.0553. The zero-order chi connectivity index (χ0) is 23.8. The maximum atomic E-state index is 13.9. The number of esters is 1. The molecule has 2 amide bonds. The SMILES string of the molecule is COC(=O)Cc1ccc(CNC(=O)[C@@H]2CCCN2C(=O)C[C@H](N)Cc2ccccc2F)cc1. The van der Waals surface area contributed by atoms with Gasteiger partial charge in [0.25, 0.3) is 0 Å². The fourth-order valence-corrected chi connectivity index (χ4v) is 4.02. The summed E-state index contributed by atoms with van der Waals surface area (Å²) in [7, 11) is 1.35. The van der Waals surface area contributed by atoms with Crippen LogP contribution in [0.4, 0.5) is 4.39 Å². The zero-order valence-corrected chi connectivity index (χ0v) is 18.8. The Morgan fingerprint density at radius 3 is 2.55 bits per heavy atom. The number of rotatable bonds is 9. The Hall–Kier alpha value is -3.26. The van der Waals surface area contributed by atoms with E-state index in [1.165, 1.54) is 13.2 Å². The second-order valence-electron chi connectivity index (χ2n) is 8.29. The topological polar surface area (TPSA) is 102 Å². The van der Waals surface area contributed by atoms with Crippen LogP contribution in [-0.4, -0.2) is 48.4 Å². The number of benzene rings is 2. The van der Waals surface area contributed by atoms with Crippen molar-refractivity contribution in [3.8, 4) is 0 Å². The molecule has 1 saturated heterocycles. The summed E-state index contributed by atoms with van der Waals surface area (Å²) in [6.07, 6.45) is 1.85. The van der Waals surface area contributed by atoms with Crippen LogP contribution in [0.1, 0.15) is 36.0 Å². The molecule has 0 unspecified atom stereocenters. The van der Waals surface area contributed by atoms with Crippen molar-refractivity contribution in [1.29, 1.82) is 0 Å². The highest BCUT2D eigenvalue weighted by molar-refractivity contribution is 5.88. The molecule has 7 nitrogen and oxygen atoms in total. The van der Waals surface area contributed by atoms with Gasteiger partial charge in [-0.25, -0.2) is 4.39 Å². The largest absolute Gasteiger partial charge is 0.469 e. The molecule has 2 atom stereocenters. The Bertz CT molecular complexity index is 980. The average molecular weight is 456 g/mol. The van der Waals surface area contributed by atoms with E-state index in [2.05, 4.69) is 10.1 Å². The van der Waals surface area contributed by atoms with Crippen molar-refractivity contribution in [3.63, 3.8) is 0 Å². The minimum Gasteiger partial charge on any atom is -0.469 e. The van der Waals surface area contributed by atoms with Crippen LogP contribution in [0.5, 0.6) is 0 Å². The maximum Gasteiger partial charge on any atom is 0.309 e. The van der Waals surface area contributed by atoms with Crippen LogP contribution >= 0.6 is 0 Å². The molecule has 2 aromatic carbocycles. The molecule has 0 radical (unpaired) electrons. The molecule has 0 aliphatic carbocycles. The second-order valence-corrected chi connectivity index (χ2v) is 8.29. The number of likely N-dealkylation sites (tertiary alicyclic amines) is 1. The second kappa shape index (κ2) is 11.6. The summed E-state index contributed by atoms with van der Waals surface area (Å²) < 4.78 is 18.5. The van der Waals surface area contributed by atoms with Gasteiger partial charge in [0.15, 0.2) is 0 Å². The van der Waals surface area contributed by atoms with Gasteiger partial charge in [-0.15, -0.1) is 0 Å². The third-order valence-corrected chi connectivity index (χ3v) is 5.82. The van der Waals surface area contributed by atoms with Gasteiger partial charge in [-0.2, -0.15) is 0 Å². The number of nitrogens with one attached hydrogen (secondary N) is 1. The summed E-state index contributed by atoms with van der Waals surface area (Å²) in [6.45, 7) is 0.828. The predicted molar refractivity (Wildman–Crippen MR) is 121 cm³/mol. The van der Waals surface area contributed by atoms with Gasteiger partial charge in [-0.1, -0.05) is 42.5 Å². The zero-order valence-electron chi connectivity index (χ0n) is 18.8. The Balaban J connectivity index is 1.50. The molecule has 1 aliphatic rings. The van der Waals surface area contributed by atoms with E-state index >= 15 is 0 Å². The molecule has 176 valence electrons. The molecule has 2 aromatic rings. The molecule has 1 aliphatic heterocycles. The van der Waals surface area contributed by atoms with E-state index < -0.39 is 12.1 Å². The third kappa shape index (κ3) is 6.86. The van der Waals surface area contributed by atoms with Crippen molar-refractivity contribution in [1.82, 2.24) is 10.2 Å². The van der Waals surface area contributed by atoms with Gasteiger partial charge >= 0.3 is 5.97 Å². The van der Waals surface area contributed by atoms with Crippen LogP contribution in [0.15, 0.2) is 48.5 Å². The Morgan fingerprint density at radius 1 is 1.15 bits per heavy atom.